The average molecular weight is 409 g/mol. The van der Waals surface area contributed by atoms with Crippen LogP contribution in [0.5, 0.6) is 0 Å². The fourth-order valence-electron chi connectivity index (χ4n) is 4.32. The van der Waals surface area contributed by atoms with E-state index in [2.05, 4.69) is 36.9 Å². The van der Waals surface area contributed by atoms with Crippen LogP contribution in [0.2, 0.25) is 0 Å². The van der Waals surface area contributed by atoms with Crippen LogP contribution in [0.1, 0.15) is 11.1 Å². The quantitative estimate of drug-likeness (QED) is 0.647. The van der Waals surface area contributed by atoms with Gasteiger partial charge in [0.05, 0.1) is 5.39 Å². The zero-order valence-corrected chi connectivity index (χ0v) is 17.9. The molecule has 3 aromatic rings. The average Bonchev–Trinajstić information content (AvgIpc) is 3.14. The molecule has 1 amide bonds. The number of amides is 1. The highest BCUT2D eigenvalue weighted by Gasteiger charge is 2.23. The van der Waals surface area contributed by atoms with Crippen molar-refractivity contribution in [2.75, 3.05) is 31.1 Å². The van der Waals surface area contributed by atoms with E-state index in [9.17, 15) is 14.4 Å². The van der Waals surface area contributed by atoms with E-state index in [1.54, 1.807) is 23.9 Å². The Morgan fingerprint density at radius 3 is 2.33 bits per heavy atom. The molecule has 158 valence electrons. The Kier molecular flexibility index (Phi) is 5.01. The van der Waals surface area contributed by atoms with Crippen LogP contribution in [0.4, 0.5) is 5.69 Å². The summed E-state index contributed by atoms with van der Waals surface area (Å²) in [5.41, 5.74) is 3.44. The summed E-state index contributed by atoms with van der Waals surface area (Å²) in [5.74, 6) is -0.0131. The molecule has 1 aromatic carbocycles. The number of carbonyl (C=O) groups excluding carboxylic acids is 1. The summed E-state index contributed by atoms with van der Waals surface area (Å²) in [6.45, 7) is 7.16. The van der Waals surface area contributed by atoms with Crippen LogP contribution >= 0.6 is 0 Å². The maximum atomic E-state index is 12.9. The van der Waals surface area contributed by atoms with Crippen molar-refractivity contribution in [2.24, 2.45) is 14.1 Å². The minimum atomic E-state index is -0.401. The fourth-order valence-corrected chi connectivity index (χ4v) is 4.32. The van der Waals surface area contributed by atoms with Crippen LogP contribution in [0, 0.1) is 13.8 Å². The summed E-state index contributed by atoms with van der Waals surface area (Å²) in [5, 5.41) is 0.437. The van der Waals surface area contributed by atoms with Crippen molar-refractivity contribution in [3.8, 4) is 0 Å². The first-order valence-corrected chi connectivity index (χ1v) is 10.1. The van der Waals surface area contributed by atoms with Crippen molar-refractivity contribution in [3.05, 3.63) is 62.4 Å². The number of aromatic nitrogens is 3. The van der Waals surface area contributed by atoms with E-state index in [4.69, 9.17) is 0 Å². The van der Waals surface area contributed by atoms with Gasteiger partial charge in [-0.2, -0.15) is 0 Å². The third-order valence-electron chi connectivity index (χ3n) is 5.99. The van der Waals surface area contributed by atoms with Crippen LogP contribution in [0.25, 0.3) is 11.0 Å². The standard InChI is InChI=1S/C22H27N5O3/c1-15-5-6-18(16(2)13-15)25-9-11-26(12-10-25)19(28)14-27-8-7-17-20(27)23(3)22(30)24(4)21(17)29/h5-8,13H,9-12,14H2,1-4H3. The van der Waals surface area contributed by atoms with Crippen LogP contribution in [-0.2, 0) is 25.4 Å². The van der Waals surface area contributed by atoms with Gasteiger partial charge in [0.1, 0.15) is 12.2 Å². The summed E-state index contributed by atoms with van der Waals surface area (Å²) >= 11 is 0. The molecule has 1 aliphatic rings. The Hall–Kier alpha value is -3.29. The Morgan fingerprint density at radius 2 is 1.67 bits per heavy atom. The molecule has 4 rings (SSSR count). The summed E-state index contributed by atoms with van der Waals surface area (Å²) < 4.78 is 4.19. The number of aryl methyl sites for hydroxylation is 3. The number of piperazine rings is 1. The minimum Gasteiger partial charge on any atom is -0.368 e. The number of rotatable bonds is 3. The largest absolute Gasteiger partial charge is 0.368 e. The van der Waals surface area contributed by atoms with Crippen molar-refractivity contribution < 1.29 is 4.79 Å². The summed E-state index contributed by atoms with van der Waals surface area (Å²) in [4.78, 5) is 41.7. The van der Waals surface area contributed by atoms with E-state index >= 15 is 0 Å². The normalized spacial score (nSPS) is 14.5. The number of nitrogens with zero attached hydrogens (tertiary/aromatic N) is 5. The molecule has 0 aliphatic carbocycles. The first-order chi connectivity index (χ1) is 14.3. The number of hydrogen-bond acceptors (Lipinski definition) is 4. The third-order valence-corrected chi connectivity index (χ3v) is 5.99. The predicted octanol–water partition coefficient (Wildman–Crippen LogP) is 1.00. The lowest BCUT2D eigenvalue weighted by Crippen LogP contribution is -2.49. The maximum Gasteiger partial charge on any atom is 0.332 e. The highest BCUT2D eigenvalue weighted by atomic mass is 16.2. The van der Waals surface area contributed by atoms with Gasteiger partial charge in [-0.05, 0) is 31.5 Å². The Balaban J connectivity index is 1.50. The second-order valence-corrected chi connectivity index (χ2v) is 8.04. The minimum absolute atomic E-state index is 0.0131. The lowest BCUT2D eigenvalue weighted by Gasteiger charge is -2.37. The summed E-state index contributed by atoms with van der Waals surface area (Å²) in [7, 11) is 3.08. The van der Waals surface area contributed by atoms with Gasteiger partial charge in [0.25, 0.3) is 5.56 Å². The van der Waals surface area contributed by atoms with E-state index < -0.39 is 5.69 Å². The van der Waals surface area contributed by atoms with Gasteiger partial charge >= 0.3 is 5.69 Å². The molecule has 1 fully saturated rings. The second kappa shape index (κ2) is 7.51. The van der Waals surface area contributed by atoms with E-state index in [0.29, 0.717) is 24.1 Å². The lowest BCUT2D eigenvalue weighted by atomic mass is 10.1. The molecule has 30 heavy (non-hydrogen) atoms. The van der Waals surface area contributed by atoms with Gasteiger partial charge in [-0.15, -0.1) is 0 Å². The second-order valence-electron chi connectivity index (χ2n) is 8.04. The van der Waals surface area contributed by atoms with Gasteiger partial charge in [0.15, 0.2) is 0 Å². The summed E-state index contributed by atoms with van der Waals surface area (Å²) in [6, 6.07) is 8.11. The van der Waals surface area contributed by atoms with Crippen molar-refractivity contribution in [2.45, 2.75) is 20.4 Å². The van der Waals surface area contributed by atoms with Gasteiger partial charge in [0.2, 0.25) is 5.91 Å². The molecule has 0 saturated carbocycles. The van der Waals surface area contributed by atoms with Gasteiger partial charge in [-0.3, -0.25) is 18.7 Å². The maximum absolute atomic E-state index is 12.9. The molecular formula is C22H27N5O3. The Morgan fingerprint density at radius 1 is 0.967 bits per heavy atom. The van der Waals surface area contributed by atoms with Crippen molar-refractivity contribution >= 4 is 22.6 Å². The van der Waals surface area contributed by atoms with Gasteiger partial charge in [-0.25, -0.2) is 4.79 Å². The van der Waals surface area contributed by atoms with Gasteiger partial charge in [-0.1, -0.05) is 17.7 Å². The first kappa shape index (κ1) is 20.0. The highest BCUT2D eigenvalue weighted by Crippen LogP contribution is 2.22. The molecule has 0 bridgehead atoms. The Labute approximate surface area is 174 Å². The van der Waals surface area contributed by atoms with Crippen molar-refractivity contribution in [3.63, 3.8) is 0 Å². The molecule has 0 unspecified atom stereocenters. The van der Waals surface area contributed by atoms with Crippen molar-refractivity contribution in [1.29, 1.82) is 0 Å². The number of hydrogen-bond donors (Lipinski definition) is 0. The van der Waals surface area contributed by atoms with E-state index in [-0.39, 0.29) is 18.0 Å². The number of fused-ring (bicyclic) bond motifs is 1. The summed E-state index contributed by atoms with van der Waals surface area (Å²) in [6.07, 6.45) is 1.70. The molecule has 3 heterocycles. The molecule has 0 N–H and O–H groups in total. The molecular weight excluding hydrogens is 382 g/mol. The molecule has 8 nitrogen and oxygen atoms in total. The molecule has 1 aliphatic heterocycles. The molecule has 0 radical (unpaired) electrons. The first-order valence-electron chi connectivity index (χ1n) is 10.1. The van der Waals surface area contributed by atoms with Gasteiger partial charge < -0.3 is 14.4 Å². The zero-order valence-electron chi connectivity index (χ0n) is 17.9. The molecule has 0 atom stereocenters. The molecule has 8 heteroatoms. The predicted molar refractivity (Wildman–Crippen MR) is 117 cm³/mol. The fraction of sp³-hybridized carbons (Fsp3) is 0.409. The molecule has 0 spiro atoms. The highest BCUT2D eigenvalue weighted by molar-refractivity contribution is 5.81. The van der Waals surface area contributed by atoms with E-state index in [0.717, 1.165) is 17.7 Å². The SMILES string of the molecule is Cc1ccc(N2CCN(C(=O)Cn3ccc4c(=O)n(C)c(=O)n(C)c43)CC2)c(C)c1. The lowest BCUT2D eigenvalue weighted by molar-refractivity contribution is -0.132. The number of carbonyl (C=O) groups is 1. The molecule has 1 saturated heterocycles. The monoisotopic (exact) mass is 409 g/mol. The van der Waals surface area contributed by atoms with E-state index in [1.165, 1.54) is 28.4 Å². The van der Waals surface area contributed by atoms with Crippen molar-refractivity contribution in [1.82, 2.24) is 18.6 Å². The number of benzene rings is 1. The Bertz CT molecular complexity index is 1240. The topological polar surface area (TPSA) is 72.5 Å². The van der Waals surface area contributed by atoms with Crippen LogP contribution in [-0.4, -0.2) is 50.7 Å². The third kappa shape index (κ3) is 3.32. The number of anilines is 1. The van der Waals surface area contributed by atoms with E-state index in [1.807, 2.05) is 4.90 Å². The smallest absolute Gasteiger partial charge is 0.332 e. The zero-order chi connectivity index (χ0) is 21.6. The van der Waals surface area contributed by atoms with Crippen LogP contribution < -0.4 is 16.1 Å². The van der Waals surface area contributed by atoms with Crippen LogP contribution in [0.3, 0.4) is 0 Å². The van der Waals surface area contributed by atoms with Crippen LogP contribution in [0.15, 0.2) is 40.1 Å². The molecule has 2 aromatic heterocycles. The van der Waals surface area contributed by atoms with Gasteiger partial charge in [0, 0.05) is 52.2 Å².